The smallest absolute Gasteiger partial charge is 0.387 e. The summed E-state index contributed by atoms with van der Waals surface area (Å²) < 4.78 is 5.43. The molecule has 17 heavy (non-hydrogen) atoms. The third-order valence-electron chi connectivity index (χ3n) is 1.45. The SMILES string of the molecule is CCO.CC[P+](=S)Oc1ccc(C#N)cc1.O. The van der Waals surface area contributed by atoms with Gasteiger partial charge in [-0.15, -0.1) is 0 Å². The summed E-state index contributed by atoms with van der Waals surface area (Å²) in [5.41, 5.74) is 0.637. The summed E-state index contributed by atoms with van der Waals surface area (Å²) in [5.74, 6) is 0.752. The monoisotopic (exact) mass is 274 g/mol. The first-order chi connectivity index (χ1) is 7.67. The highest BCUT2D eigenvalue weighted by Gasteiger charge is 2.08. The fraction of sp³-hybridized carbons (Fsp3) is 0.364. The maximum absolute atomic E-state index is 8.55. The van der Waals surface area contributed by atoms with Crippen LogP contribution in [0.2, 0.25) is 0 Å². The van der Waals surface area contributed by atoms with Crippen LogP contribution in [0.15, 0.2) is 24.3 Å². The van der Waals surface area contributed by atoms with Gasteiger partial charge in [-0.2, -0.15) is 5.26 Å². The van der Waals surface area contributed by atoms with E-state index in [-0.39, 0.29) is 12.1 Å². The average Bonchev–Trinajstić information content (AvgIpc) is 2.31. The highest BCUT2D eigenvalue weighted by atomic mass is 32.4. The maximum Gasteiger partial charge on any atom is 0.387 e. The Morgan fingerprint density at radius 2 is 1.82 bits per heavy atom. The van der Waals surface area contributed by atoms with Gasteiger partial charge in [0.25, 0.3) is 0 Å². The van der Waals surface area contributed by atoms with Crippen molar-refractivity contribution >= 4 is 18.7 Å². The topological polar surface area (TPSA) is 84.8 Å². The van der Waals surface area contributed by atoms with E-state index in [0.717, 1.165) is 11.9 Å². The second-order valence-corrected chi connectivity index (χ2v) is 5.39. The lowest BCUT2D eigenvalue weighted by atomic mass is 10.2. The zero-order valence-electron chi connectivity index (χ0n) is 9.88. The summed E-state index contributed by atoms with van der Waals surface area (Å²) in [4.78, 5) is 0. The van der Waals surface area contributed by atoms with Gasteiger partial charge in [-0.25, -0.2) is 0 Å². The summed E-state index contributed by atoms with van der Waals surface area (Å²) in [7, 11) is 0. The Bertz CT molecular complexity index is 362. The van der Waals surface area contributed by atoms with Gasteiger partial charge in [0.05, 0.1) is 11.6 Å². The van der Waals surface area contributed by atoms with Crippen molar-refractivity contribution in [1.82, 2.24) is 0 Å². The number of hydrogen-bond donors (Lipinski definition) is 1. The average molecular weight is 274 g/mol. The van der Waals surface area contributed by atoms with Crippen molar-refractivity contribution in [3.63, 3.8) is 0 Å². The molecular weight excluding hydrogens is 257 g/mol. The number of rotatable bonds is 3. The Kier molecular flexibility index (Phi) is 12.3. The number of aliphatic hydroxyl groups is 1. The lowest BCUT2D eigenvalue weighted by Crippen LogP contribution is -1.82. The normalized spacial score (nSPS) is 8.94. The molecule has 94 valence electrons. The second kappa shape index (κ2) is 11.4. The zero-order valence-corrected chi connectivity index (χ0v) is 11.6. The van der Waals surface area contributed by atoms with Crippen molar-refractivity contribution in [2.75, 3.05) is 12.8 Å². The molecule has 1 atom stereocenters. The standard InChI is InChI=1S/C9H9NOPS.C2H6O.H2O/c1-2-12(13)11-9-5-3-8(7-10)4-6-9;1-2-3;/h3-6H,2H2,1H3;3H,2H2,1H3;1H2/q+1;;. The molecule has 0 amide bonds. The number of nitrogens with zero attached hydrogens (tertiary/aromatic N) is 1. The lowest BCUT2D eigenvalue weighted by molar-refractivity contribution is 0.318. The van der Waals surface area contributed by atoms with E-state index >= 15 is 0 Å². The molecule has 0 aromatic heterocycles. The zero-order chi connectivity index (χ0) is 12.4. The van der Waals surface area contributed by atoms with Gasteiger partial charge < -0.3 is 10.6 Å². The van der Waals surface area contributed by atoms with Gasteiger partial charge in [-0.1, -0.05) is 0 Å². The van der Waals surface area contributed by atoms with E-state index in [0.29, 0.717) is 5.56 Å². The molecule has 0 bridgehead atoms. The first-order valence-electron chi connectivity index (χ1n) is 4.91. The first-order valence-corrected chi connectivity index (χ1v) is 7.37. The Balaban J connectivity index is 0. The van der Waals surface area contributed by atoms with Crippen molar-refractivity contribution < 1.29 is 15.1 Å². The van der Waals surface area contributed by atoms with Gasteiger partial charge in [0, 0.05) is 6.61 Å². The summed E-state index contributed by atoms with van der Waals surface area (Å²) in [6, 6.07) is 9.04. The van der Waals surface area contributed by atoms with Crippen LogP contribution in [0.1, 0.15) is 19.4 Å². The molecule has 0 aliphatic carbocycles. The van der Waals surface area contributed by atoms with E-state index in [1.165, 1.54) is 0 Å². The maximum atomic E-state index is 8.55. The van der Waals surface area contributed by atoms with E-state index < -0.39 is 6.92 Å². The predicted octanol–water partition coefficient (Wildman–Crippen LogP) is 1.99. The van der Waals surface area contributed by atoms with Crippen LogP contribution in [-0.4, -0.2) is 23.4 Å². The molecule has 3 N–H and O–H groups in total. The van der Waals surface area contributed by atoms with Gasteiger partial charge in [-0.3, -0.25) is 4.52 Å². The van der Waals surface area contributed by atoms with Crippen LogP contribution < -0.4 is 4.52 Å². The fourth-order valence-corrected chi connectivity index (χ4v) is 1.52. The van der Waals surface area contributed by atoms with Crippen molar-refractivity contribution in [2.45, 2.75) is 13.8 Å². The Morgan fingerprint density at radius 1 is 1.35 bits per heavy atom. The Hall–Kier alpha value is -1.05. The van der Waals surface area contributed by atoms with Crippen LogP contribution in [0.25, 0.3) is 0 Å². The minimum atomic E-state index is -0.768. The van der Waals surface area contributed by atoms with E-state index in [1.54, 1.807) is 31.2 Å². The van der Waals surface area contributed by atoms with Crippen molar-refractivity contribution in [3.05, 3.63) is 29.8 Å². The molecule has 0 fully saturated rings. The van der Waals surface area contributed by atoms with Gasteiger partial charge in [0.15, 0.2) is 11.9 Å². The molecule has 0 aliphatic heterocycles. The molecule has 0 heterocycles. The molecule has 0 saturated carbocycles. The predicted molar refractivity (Wildman–Crippen MR) is 73.0 cm³/mol. The van der Waals surface area contributed by atoms with Gasteiger partial charge in [-0.05, 0) is 38.1 Å². The van der Waals surface area contributed by atoms with Crippen LogP contribution in [-0.2, 0) is 11.8 Å². The van der Waals surface area contributed by atoms with E-state index in [2.05, 4.69) is 0 Å². The Morgan fingerprint density at radius 3 is 2.18 bits per heavy atom. The minimum Gasteiger partial charge on any atom is -0.412 e. The van der Waals surface area contributed by atoms with Crippen molar-refractivity contribution in [3.8, 4) is 11.8 Å². The second-order valence-electron chi connectivity index (χ2n) is 2.69. The molecule has 1 aromatic rings. The molecule has 0 radical (unpaired) electrons. The fourth-order valence-electron chi connectivity index (χ4n) is 0.772. The highest BCUT2D eigenvalue weighted by molar-refractivity contribution is 8.03. The van der Waals surface area contributed by atoms with Crippen LogP contribution in [0.5, 0.6) is 5.75 Å². The molecule has 0 spiro atoms. The molecular formula is C11H17NO3PS+. The highest BCUT2D eigenvalue weighted by Crippen LogP contribution is 2.26. The Labute approximate surface area is 108 Å². The number of hydrogen-bond acceptors (Lipinski definition) is 4. The van der Waals surface area contributed by atoms with Gasteiger partial charge in [0.1, 0.15) is 0 Å². The molecule has 1 rings (SSSR count). The van der Waals surface area contributed by atoms with Gasteiger partial charge in [0.2, 0.25) is 11.8 Å². The van der Waals surface area contributed by atoms with Crippen LogP contribution >= 0.6 is 6.92 Å². The first kappa shape index (κ1) is 18.3. The third kappa shape index (κ3) is 8.73. The minimum absolute atomic E-state index is 0. The lowest BCUT2D eigenvalue weighted by Gasteiger charge is -1.93. The number of aliphatic hydroxyl groups excluding tert-OH is 1. The largest absolute Gasteiger partial charge is 0.412 e. The summed E-state index contributed by atoms with van der Waals surface area (Å²) in [6.07, 6.45) is 0.866. The molecule has 0 aliphatic rings. The molecule has 1 aromatic carbocycles. The van der Waals surface area contributed by atoms with Crippen LogP contribution in [0.4, 0.5) is 0 Å². The van der Waals surface area contributed by atoms with E-state index in [9.17, 15) is 0 Å². The van der Waals surface area contributed by atoms with Crippen LogP contribution in [0.3, 0.4) is 0 Å². The number of benzene rings is 1. The molecule has 4 nitrogen and oxygen atoms in total. The summed E-state index contributed by atoms with van der Waals surface area (Å²) >= 11 is 5.06. The van der Waals surface area contributed by atoms with Crippen molar-refractivity contribution in [1.29, 1.82) is 5.26 Å². The molecule has 1 unspecified atom stereocenters. The summed E-state index contributed by atoms with van der Waals surface area (Å²) in [6.45, 7) is 3.16. The molecule has 0 saturated heterocycles. The van der Waals surface area contributed by atoms with Gasteiger partial charge >= 0.3 is 6.92 Å². The number of nitriles is 1. The summed E-state index contributed by atoms with van der Waals surface area (Å²) in [5, 5.41) is 16.1. The van der Waals surface area contributed by atoms with Crippen molar-refractivity contribution in [2.24, 2.45) is 0 Å². The molecule has 6 heteroatoms. The third-order valence-corrected chi connectivity index (χ3v) is 3.38. The quantitative estimate of drug-likeness (QED) is 0.854. The van der Waals surface area contributed by atoms with E-state index in [4.69, 9.17) is 26.7 Å². The van der Waals surface area contributed by atoms with Crippen LogP contribution in [0, 0.1) is 11.3 Å². The van der Waals surface area contributed by atoms with E-state index in [1.807, 2.05) is 13.0 Å².